The fourth-order valence-electron chi connectivity index (χ4n) is 3.21. The lowest BCUT2D eigenvalue weighted by molar-refractivity contribution is -0.145. The molecule has 0 bridgehead atoms. The monoisotopic (exact) mass is 449 g/mol. The third-order valence-electron chi connectivity index (χ3n) is 4.37. The lowest BCUT2D eigenvalue weighted by Crippen LogP contribution is -2.57. The van der Waals surface area contributed by atoms with Crippen LogP contribution in [0.5, 0.6) is 0 Å². The van der Waals surface area contributed by atoms with Gasteiger partial charge in [0.15, 0.2) is 0 Å². The van der Waals surface area contributed by atoms with Crippen LogP contribution >= 0.6 is 0 Å². The quantitative estimate of drug-likeness (QED) is 0.593. The van der Waals surface area contributed by atoms with E-state index in [1.54, 1.807) is 40.7 Å². The molecular formula is C24H39N3O5. The number of carbonyl (C=O) groups is 3. The van der Waals surface area contributed by atoms with Crippen LogP contribution in [0.2, 0.25) is 0 Å². The van der Waals surface area contributed by atoms with Gasteiger partial charge in [0.05, 0.1) is 6.61 Å². The van der Waals surface area contributed by atoms with E-state index in [-0.39, 0.29) is 5.91 Å². The van der Waals surface area contributed by atoms with E-state index in [4.69, 9.17) is 4.74 Å². The molecule has 3 N–H and O–H groups in total. The number of benzene rings is 1. The van der Waals surface area contributed by atoms with Gasteiger partial charge in [-0.05, 0) is 67.9 Å². The number of rotatable bonds is 7. The van der Waals surface area contributed by atoms with E-state index in [0.29, 0.717) is 5.56 Å². The average Bonchev–Trinajstić information content (AvgIpc) is 2.60. The summed E-state index contributed by atoms with van der Waals surface area (Å²) >= 11 is 0. The van der Waals surface area contributed by atoms with Crippen LogP contribution in [0.15, 0.2) is 24.3 Å². The molecule has 0 fully saturated rings. The molecule has 0 heterocycles. The summed E-state index contributed by atoms with van der Waals surface area (Å²) in [6.45, 7) is 15.5. The van der Waals surface area contributed by atoms with E-state index in [0.717, 1.165) is 5.56 Å². The molecule has 1 rings (SSSR count). The highest BCUT2D eigenvalue weighted by molar-refractivity contribution is 5.92. The van der Waals surface area contributed by atoms with Gasteiger partial charge in [-0.25, -0.2) is 4.79 Å². The summed E-state index contributed by atoms with van der Waals surface area (Å²) in [4.78, 5) is 40.5. The molecule has 1 aromatic carbocycles. The molecule has 0 aromatic heterocycles. The molecule has 180 valence electrons. The first-order chi connectivity index (χ1) is 14.6. The number of aryl methyl sites for hydroxylation is 1. The second-order valence-corrected chi connectivity index (χ2v) is 10.3. The molecule has 0 aliphatic carbocycles. The van der Waals surface area contributed by atoms with Crippen molar-refractivity contribution in [3.05, 3.63) is 35.4 Å². The molecule has 0 saturated heterocycles. The minimum absolute atomic E-state index is 0.348. The number of nitrogens with one attached hydrogen (secondary N) is 2. The third-order valence-corrected chi connectivity index (χ3v) is 4.37. The van der Waals surface area contributed by atoms with Crippen LogP contribution in [0, 0.1) is 6.92 Å². The van der Waals surface area contributed by atoms with Gasteiger partial charge in [0, 0.05) is 11.6 Å². The van der Waals surface area contributed by atoms with Crippen molar-refractivity contribution in [2.45, 2.75) is 91.6 Å². The highest BCUT2D eigenvalue weighted by atomic mass is 16.6. The molecule has 8 nitrogen and oxygen atoms in total. The number of aliphatic hydroxyl groups excluding tert-OH is 1. The predicted molar refractivity (Wildman–Crippen MR) is 124 cm³/mol. The molecule has 0 saturated carbocycles. The van der Waals surface area contributed by atoms with Gasteiger partial charge < -0.3 is 25.4 Å². The molecule has 3 amide bonds. The second-order valence-electron chi connectivity index (χ2n) is 10.3. The fourth-order valence-corrected chi connectivity index (χ4v) is 3.21. The number of carbonyl (C=O) groups excluding carboxylic acids is 3. The van der Waals surface area contributed by atoms with E-state index in [9.17, 15) is 19.5 Å². The number of nitrogens with zero attached hydrogens (tertiary/aromatic N) is 1. The van der Waals surface area contributed by atoms with Gasteiger partial charge in [-0.1, -0.05) is 29.8 Å². The number of ether oxygens (including phenoxy) is 1. The fraction of sp³-hybridized carbons (Fsp3) is 0.625. The van der Waals surface area contributed by atoms with Gasteiger partial charge >= 0.3 is 6.09 Å². The molecule has 1 aromatic rings. The Hall–Kier alpha value is -2.61. The number of hydrogen-bond donors (Lipinski definition) is 3. The number of aliphatic hydroxyl groups is 1. The summed E-state index contributed by atoms with van der Waals surface area (Å²) in [6, 6.07) is 4.77. The summed E-state index contributed by atoms with van der Waals surface area (Å²) in [6.07, 6.45) is -0.820. The summed E-state index contributed by atoms with van der Waals surface area (Å²) in [5.74, 6) is -0.928. The summed E-state index contributed by atoms with van der Waals surface area (Å²) in [7, 11) is 0. The zero-order chi connectivity index (χ0) is 24.9. The maximum absolute atomic E-state index is 13.5. The first-order valence-electron chi connectivity index (χ1n) is 10.9. The molecule has 0 spiro atoms. The van der Waals surface area contributed by atoms with Crippen LogP contribution in [0.4, 0.5) is 4.79 Å². The molecule has 8 heteroatoms. The zero-order valence-corrected chi connectivity index (χ0v) is 20.8. The Morgan fingerprint density at radius 3 is 2.12 bits per heavy atom. The average molecular weight is 450 g/mol. The SMILES string of the molecule is Cc1cccc(C(C(=O)NC(C)(C)C)N(C(=O)C(CO)NC(=O)OC(C)(C)C)C(C)C)c1. The molecule has 0 aliphatic rings. The Morgan fingerprint density at radius 2 is 1.69 bits per heavy atom. The Labute approximate surface area is 191 Å². The smallest absolute Gasteiger partial charge is 0.408 e. The largest absolute Gasteiger partial charge is 0.444 e. The number of hydrogen-bond acceptors (Lipinski definition) is 5. The first kappa shape index (κ1) is 27.4. The second kappa shape index (κ2) is 10.8. The molecule has 2 atom stereocenters. The minimum atomic E-state index is -1.26. The Morgan fingerprint density at radius 1 is 1.09 bits per heavy atom. The minimum Gasteiger partial charge on any atom is -0.444 e. The van der Waals surface area contributed by atoms with Crippen molar-refractivity contribution < 1.29 is 24.2 Å². The highest BCUT2D eigenvalue weighted by Gasteiger charge is 2.38. The lowest BCUT2D eigenvalue weighted by Gasteiger charge is -2.38. The van der Waals surface area contributed by atoms with E-state index in [1.807, 2.05) is 45.9 Å². The maximum Gasteiger partial charge on any atom is 0.408 e. The standard InChI is InChI=1S/C24H39N3O5/c1-15(2)27(21(30)18(14-28)25-22(31)32-24(7,8)9)19(20(29)26-23(4,5)6)17-12-10-11-16(3)13-17/h10-13,15,18-19,28H,14H2,1-9H3,(H,25,31)(H,26,29). The molecule has 2 unspecified atom stereocenters. The third kappa shape index (κ3) is 8.49. The van der Waals surface area contributed by atoms with Crippen molar-refractivity contribution >= 4 is 17.9 Å². The Kier molecular flexibility index (Phi) is 9.26. The van der Waals surface area contributed by atoms with Gasteiger partial charge in [0.2, 0.25) is 11.8 Å². The lowest BCUT2D eigenvalue weighted by atomic mass is 9.98. The van der Waals surface area contributed by atoms with Crippen molar-refractivity contribution in [1.29, 1.82) is 0 Å². The van der Waals surface area contributed by atoms with Crippen LogP contribution in [0.1, 0.15) is 72.6 Å². The highest BCUT2D eigenvalue weighted by Crippen LogP contribution is 2.26. The van der Waals surface area contributed by atoms with Gasteiger partial charge in [-0.3, -0.25) is 9.59 Å². The normalized spacial score (nSPS) is 13.8. The van der Waals surface area contributed by atoms with Crippen molar-refractivity contribution in [2.24, 2.45) is 0 Å². The van der Waals surface area contributed by atoms with Gasteiger partial charge in [-0.2, -0.15) is 0 Å². The van der Waals surface area contributed by atoms with E-state index < -0.39 is 47.9 Å². The van der Waals surface area contributed by atoms with Gasteiger partial charge in [0.1, 0.15) is 17.7 Å². The van der Waals surface area contributed by atoms with Crippen molar-refractivity contribution in [1.82, 2.24) is 15.5 Å². The van der Waals surface area contributed by atoms with Crippen molar-refractivity contribution in [3.63, 3.8) is 0 Å². The van der Waals surface area contributed by atoms with E-state index in [2.05, 4.69) is 10.6 Å². The number of alkyl carbamates (subject to hydrolysis) is 1. The van der Waals surface area contributed by atoms with Crippen LogP contribution in [0.3, 0.4) is 0 Å². The van der Waals surface area contributed by atoms with Crippen molar-refractivity contribution in [3.8, 4) is 0 Å². The van der Waals surface area contributed by atoms with Crippen LogP contribution in [0.25, 0.3) is 0 Å². The predicted octanol–water partition coefficient (Wildman–Crippen LogP) is 3.07. The molecular weight excluding hydrogens is 410 g/mol. The molecule has 0 aliphatic heterocycles. The van der Waals surface area contributed by atoms with E-state index in [1.165, 1.54) is 4.90 Å². The van der Waals surface area contributed by atoms with Crippen LogP contribution in [-0.4, -0.2) is 57.7 Å². The van der Waals surface area contributed by atoms with Gasteiger partial charge in [-0.15, -0.1) is 0 Å². The van der Waals surface area contributed by atoms with Crippen LogP contribution in [-0.2, 0) is 14.3 Å². The summed E-state index contributed by atoms with van der Waals surface area (Å²) in [5, 5.41) is 15.3. The first-order valence-corrected chi connectivity index (χ1v) is 10.9. The van der Waals surface area contributed by atoms with Crippen LogP contribution < -0.4 is 10.6 Å². The number of amides is 3. The Bertz CT molecular complexity index is 809. The summed E-state index contributed by atoms with van der Waals surface area (Å²) in [5.41, 5.74) is 0.304. The molecule has 32 heavy (non-hydrogen) atoms. The van der Waals surface area contributed by atoms with Crippen molar-refractivity contribution in [2.75, 3.05) is 6.61 Å². The van der Waals surface area contributed by atoms with E-state index >= 15 is 0 Å². The van der Waals surface area contributed by atoms with Gasteiger partial charge in [0.25, 0.3) is 0 Å². The molecule has 0 radical (unpaired) electrons. The zero-order valence-electron chi connectivity index (χ0n) is 20.8. The topological polar surface area (TPSA) is 108 Å². The maximum atomic E-state index is 13.5. The Balaban J connectivity index is 3.38. The summed E-state index contributed by atoms with van der Waals surface area (Å²) < 4.78 is 5.22.